The van der Waals surface area contributed by atoms with Gasteiger partial charge in [-0.05, 0) is 25.1 Å². The second kappa shape index (κ2) is 4.48. The van der Waals surface area contributed by atoms with E-state index in [1.165, 1.54) is 18.2 Å². The van der Waals surface area contributed by atoms with Gasteiger partial charge in [0.1, 0.15) is 0 Å². The number of carbonyl (C=O) groups is 1. The molecule has 0 heterocycles. The van der Waals surface area contributed by atoms with Gasteiger partial charge in [-0.15, -0.1) is 0 Å². The Morgan fingerprint density at radius 1 is 1.43 bits per heavy atom. The molecule has 0 spiro atoms. The van der Waals surface area contributed by atoms with Crippen molar-refractivity contribution in [3.8, 4) is 11.5 Å². The van der Waals surface area contributed by atoms with Crippen LogP contribution in [0.25, 0.3) is 0 Å². The van der Waals surface area contributed by atoms with Gasteiger partial charge in [-0.25, -0.2) is 10.1 Å². The molecular formula is C9H10O5. The van der Waals surface area contributed by atoms with Crippen LogP contribution in [0.5, 0.6) is 11.5 Å². The summed E-state index contributed by atoms with van der Waals surface area (Å²) in [5, 5.41) is 17.1. The fourth-order valence-electron chi connectivity index (χ4n) is 0.985. The van der Waals surface area contributed by atoms with Crippen molar-refractivity contribution in [1.29, 1.82) is 0 Å². The first-order chi connectivity index (χ1) is 6.69. The van der Waals surface area contributed by atoms with E-state index < -0.39 is 5.97 Å². The number of aromatic carboxylic acids is 1. The second-order valence-electron chi connectivity index (χ2n) is 2.49. The average Bonchev–Trinajstić information content (AvgIpc) is 2.18. The highest BCUT2D eigenvalue weighted by Gasteiger charge is 2.10. The molecule has 0 saturated heterocycles. The maximum Gasteiger partial charge on any atom is 0.335 e. The molecule has 0 aromatic heterocycles. The summed E-state index contributed by atoms with van der Waals surface area (Å²) >= 11 is 0. The summed E-state index contributed by atoms with van der Waals surface area (Å²) in [5.74, 6) is -0.762. The maximum atomic E-state index is 10.6. The van der Waals surface area contributed by atoms with Crippen molar-refractivity contribution in [2.45, 2.75) is 6.92 Å². The number of rotatable bonds is 4. The Morgan fingerprint density at radius 3 is 2.64 bits per heavy atom. The van der Waals surface area contributed by atoms with Crippen molar-refractivity contribution in [2.75, 3.05) is 6.61 Å². The third-order valence-corrected chi connectivity index (χ3v) is 1.59. The Morgan fingerprint density at radius 2 is 2.14 bits per heavy atom. The monoisotopic (exact) mass is 198 g/mol. The van der Waals surface area contributed by atoms with E-state index in [0.29, 0.717) is 6.61 Å². The van der Waals surface area contributed by atoms with Gasteiger partial charge in [0.05, 0.1) is 12.2 Å². The first-order valence-corrected chi connectivity index (χ1v) is 4.00. The Balaban J connectivity index is 3.07. The topological polar surface area (TPSA) is 76.0 Å². The summed E-state index contributed by atoms with van der Waals surface area (Å²) in [7, 11) is 0. The molecule has 2 N–H and O–H groups in total. The van der Waals surface area contributed by atoms with Crippen molar-refractivity contribution < 1.29 is 24.8 Å². The van der Waals surface area contributed by atoms with Crippen LogP contribution in [-0.2, 0) is 0 Å². The molecule has 1 rings (SSSR count). The van der Waals surface area contributed by atoms with Crippen LogP contribution in [-0.4, -0.2) is 22.9 Å². The van der Waals surface area contributed by atoms with E-state index in [0.717, 1.165) is 0 Å². The van der Waals surface area contributed by atoms with Crippen molar-refractivity contribution in [3.63, 3.8) is 0 Å². The van der Waals surface area contributed by atoms with Crippen molar-refractivity contribution in [3.05, 3.63) is 23.8 Å². The van der Waals surface area contributed by atoms with Crippen molar-refractivity contribution in [2.24, 2.45) is 0 Å². The third kappa shape index (κ3) is 2.14. The van der Waals surface area contributed by atoms with E-state index in [2.05, 4.69) is 4.89 Å². The van der Waals surface area contributed by atoms with Crippen LogP contribution in [0.4, 0.5) is 0 Å². The fraction of sp³-hybridized carbons (Fsp3) is 0.222. The summed E-state index contributed by atoms with van der Waals surface area (Å²) in [5.41, 5.74) is 0.0780. The number of carboxylic acids is 1. The zero-order chi connectivity index (χ0) is 10.6. The van der Waals surface area contributed by atoms with Gasteiger partial charge in [-0.2, -0.15) is 0 Å². The molecule has 5 nitrogen and oxygen atoms in total. The second-order valence-corrected chi connectivity index (χ2v) is 2.49. The zero-order valence-corrected chi connectivity index (χ0v) is 7.56. The predicted molar refractivity (Wildman–Crippen MR) is 47.8 cm³/mol. The minimum atomic E-state index is -1.06. The number of benzene rings is 1. The minimum absolute atomic E-state index is 0.0780. The number of hydrogen-bond acceptors (Lipinski definition) is 4. The smallest absolute Gasteiger partial charge is 0.335 e. The van der Waals surface area contributed by atoms with Crippen LogP contribution in [0.1, 0.15) is 17.3 Å². The lowest BCUT2D eigenvalue weighted by atomic mass is 10.2. The van der Waals surface area contributed by atoms with Crippen LogP contribution >= 0.6 is 0 Å². The summed E-state index contributed by atoms with van der Waals surface area (Å²) in [4.78, 5) is 14.6. The Hall–Kier alpha value is -1.75. The highest BCUT2D eigenvalue weighted by atomic mass is 17.1. The van der Waals surface area contributed by atoms with Gasteiger partial charge in [0.25, 0.3) is 0 Å². The minimum Gasteiger partial charge on any atom is -0.490 e. The largest absolute Gasteiger partial charge is 0.490 e. The van der Waals surface area contributed by atoms with E-state index in [1.807, 2.05) is 0 Å². The lowest BCUT2D eigenvalue weighted by molar-refractivity contribution is -0.139. The first kappa shape index (κ1) is 10.3. The van der Waals surface area contributed by atoms with Crippen LogP contribution in [0.15, 0.2) is 18.2 Å². The number of hydrogen-bond donors (Lipinski definition) is 2. The Labute approximate surface area is 80.4 Å². The van der Waals surface area contributed by atoms with Gasteiger partial charge in [0.15, 0.2) is 5.75 Å². The van der Waals surface area contributed by atoms with Gasteiger partial charge in [-0.3, -0.25) is 0 Å². The van der Waals surface area contributed by atoms with Gasteiger partial charge < -0.3 is 14.7 Å². The lowest BCUT2D eigenvalue weighted by Crippen LogP contribution is -2.00. The van der Waals surface area contributed by atoms with Crippen LogP contribution in [0, 0.1) is 0 Å². The van der Waals surface area contributed by atoms with E-state index in [-0.39, 0.29) is 17.1 Å². The molecule has 0 bridgehead atoms. The molecule has 0 aliphatic rings. The first-order valence-electron chi connectivity index (χ1n) is 4.00. The summed E-state index contributed by atoms with van der Waals surface area (Å²) < 4.78 is 5.07. The SMILES string of the molecule is CCOc1cc(C(=O)O)ccc1OO. The van der Waals surface area contributed by atoms with Gasteiger partial charge in [0, 0.05) is 0 Å². The van der Waals surface area contributed by atoms with E-state index in [9.17, 15) is 4.79 Å². The molecular weight excluding hydrogens is 188 g/mol. The van der Waals surface area contributed by atoms with Gasteiger partial charge >= 0.3 is 5.97 Å². The highest BCUT2D eigenvalue weighted by molar-refractivity contribution is 5.88. The third-order valence-electron chi connectivity index (χ3n) is 1.59. The summed E-state index contributed by atoms with van der Waals surface area (Å²) in [6.07, 6.45) is 0. The molecule has 0 fully saturated rings. The zero-order valence-electron chi connectivity index (χ0n) is 7.56. The number of carboxylic acid groups (broad SMARTS) is 1. The molecule has 0 amide bonds. The molecule has 0 aliphatic heterocycles. The van der Waals surface area contributed by atoms with Crippen LogP contribution in [0.2, 0.25) is 0 Å². The lowest BCUT2D eigenvalue weighted by Gasteiger charge is -2.07. The standard InChI is InChI=1S/C9H10O5/c1-2-13-8-5-6(9(10)11)3-4-7(8)14-12/h3-5,12H,2H2,1H3,(H,10,11). The van der Waals surface area contributed by atoms with E-state index >= 15 is 0 Å². The molecule has 0 aliphatic carbocycles. The van der Waals surface area contributed by atoms with Crippen LogP contribution in [0.3, 0.4) is 0 Å². The summed E-state index contributed by atoms with van der Waals surface area (Å²) in [6.45, 7) is 2.11. The molecule has 0 atom stereocenters. The molecule has 1 aromatic rings. The van der Waals surface area contributed by atoms with E-state index in [4.69, 9.17) is 15.1 Å². The Bertz CT molecular complexity index is 334. The van der Waals surface area contributed by atoms with Crippen LogP contribution < -0.4 is 9.62 Å². The molecule has 5 heteroatoms. The normalized spacial score (nSPS) is 9.57. The molecule has 0 saturated carbocycles. The average molecular weight is 198 g/mol. The predicted octanol–water partition coefficient (Wildman–Crippen LogP) is 1.64. The molecule has 76 valence electrons. The molecule has 0 radical (unpaired) electrons. The van der Waals surface area contributed by atoms with E-state index in [1.54, 1.807) is 6.92 Å². The Kier molecular flexibility index (Phi) is 3.30. The van der Waals surface area contributed by atoms with Crippen molar-refractivity contribution >= 4 is 5.97 Å². The molecule has 0 unspecified atom stereocenters. The molecule has 1 aromatic carbocycles. The summed E-state index contributed by atoms with van der Waals surface area (Å²) in [6, 6.07) is 3.93. The highest BCUT2D eigenvalue weighted by Crippen LogP contribution is 2.27. The quantitative estimate of drug-likeness (QED) is 0.568. The van der Waals surface area contributed by atoms with Gasteiger partial charge in [-0.1, -0.05) is 0 Å². The van der Waals surface area contributed by atoms with Gasteiger partial charge in [0.2, 0.25) is 5.75 Å². The van der Waals surface area contributed by atoms with Crippen molar-refractivity contribution in [1.82, 2.24) is 0 Å². The maximum absolute atomic E-state index is 10.6. The fourth-order valence-corrected chi connectivity index (χ4v) is 0.985. The molecule has 14 heavy (non-hydrogen) atoms. The number of ether oxygens (including phenoxy) is 1.